The summed E-state index contributed by atoms with van der Waals surface area (Å²) in [5, 5.41) is 5.93. The van der Waals surface area contributed by atoms with Crippen LogP contribution in [0.2, 0.25) is 10.0 Å². The molecule has 0 heterocycles. The molecule has 30 heavy (non-hydrogen) atoms. The molecule has 9 heteroatoms. The molecular weight excluding hydrogens is 427 g/mol. The van der Waals surface area contributed by atoms with Crippen molar-refractivity contribution in [3.05, 3.63) is 64.1 Å². The summed E-state index contributed by atoms with van der Waals surface area (Å²) in [6.07, 6.45) is 0.0710. The Kier molecular flexibility index (Phi) is 8.95. The van der Waals surface area contributed by atoms with E-state index in [1.54, 1.807) is 25.2 Å². The van der Waals surface area contributed by atoms with Crippen LogP contribution in [-0.2, 0) is 16.1 Å². The van der Waals surface area contributed by atoms with Crippen LogP contribution >= 0.6 is 23.2 Å². The molecule has 0 aliphatic heterocycles. The van der Waals surface area contributed by atoms with Gasteiger partial charge in [-0.05, 0) is 17.7 Å². The van der Waals surface area contributed by atoms with Crippen molar-refractivity contribution in [2.45, 2.75) is 13.0 Å². The third-order valence-corrected chi connectivity index (χ3v) is 4.89. The lowest BCUT2D eigenvalue weighted by atomic mass is 10.2. The van der Waals surface area contributed by atoms with Gasteiger partial charge in [-0.15, -0.1) is 0 Å². The predicted molar refractivity (Wildman–Crippen MR) is 119 cm³/mol. The minimum atomic E-state index is -0.424. The molecule has 0 aliphatic carbocycles. The third-order valence-electron chi connectivity index (χ3n) is 4.26. The van der Waals surface area contributed by atoms with E-state index in [-0.39, 0.29) is 31.4 Å². The Morgan fingerprint density at radius 3 is 2.17 bits per heavy atom. The van der Waals surface area contributed by atoms with Crippen LogP contribution in [0.25, 0.3) is 0 Å². The first-order chi connectivity index (χ1) is 14.3. The van der Waals surface area contributed by atoms with Gasteiger partial charge >= 0.3 is 6.03 Å². The van der Waals surface area contributed by atoms with E-state index >= 15 is 0 Å². The Labute approximate surface area is 185 Å². The zero-order valence-corrected chi connectivity index (χ0v) is 18.3. The summed E-state index contributed by atoms with van der Waals surface area (Å²) < 4.78 is 0. The summed E-state index contributed by atoms with van der Waals surface area (Å²) in [5.74, 6) is -0.700. The second-order valence-electron chi connectivity index (χ2n) is 6.72. The smallest absolute Gasteiger partial charge is 0.317 e. The van der Waals surface area contributed by atoms with Crippen molar-refractivity contribution in [3.8, 4) is 0 Å². The molecule has 0 saturated carbocycles. The Hall–Kier alpha value is -2.77. The summed E-state index contributed by atoms with van der Waals surface area (Å²) in [4.78, 5) is 39.4. The van der Waals surface area contributed by atoms with E-state index in [2.05, 4.69) is 10.6 Å². The lowest BCUT2D eigenvalue weighted by Gasteiger charge is -2.20. The van der Waals surface area contributed by atoms with Crippen molar-refractivity contribution in [2.75, 3.05) is 32.5 Å². The summed E-state index contributed by atoms with van der Waals surface area (Å²) >= 11 is 12.0. The Balaban J connectivity index is 1.73. The molecule has 7 nitrogen and oxygen atoms in total. The minimum Gasteiger partial charge on any atom is -0.337 e. The Morgan fingerprint density at radius 1 is 0.900 bits per heavy atom. The highest BCUT2D eigenvalue weighted by Gasteiger charge is 2.16. The van der Waals surface area contributed by atoms with Crippen molar-refractivity contribution < 1.29 is 14.4 Å². The summed E-state index contributed by atoms with van der Waals surface area (Å²) in [6.45, 7) is 0.465. The number of carbonyl (C=O) groups excluding carboxylic acids is 3. The average molecular weight is 451 g/mol. The fourth-order valence-corrected chi connectivity index (χ4v) is 3.12. The predicted octanol–water partition coefficient (Wildman–Crippen LogP) is 3.62. The van der Waals surface area contributed by atoms with Gasteiger partial charge in [-0.1, -0.05) is 59.6 Å². The number of rotatable bonds is 8. The second-order valence-corrected chi connectivity index (χ2v) is 7.53. The molecule has 2 aromatic rings. The van der Waals surface area contributed by atoms with Crippen molar-refractivity contribution in [1.82, 2.24) is 15.1 Å². The molecule has 2 N–H and O–H groups in total. The molecule has 2 aromatic carbocycles. The molecule has 0 unspecified atom stereocenters. The van der Waals surface area contributed by atoms with Crippen LogP contribution in [0.4, 0.5) is 10.5 Å². The van der Waals surface area contributed by atoms with Crippen LogP contribution in [-0.4, -0.2) is 54.8 Å². The summed E-state index contributed by atoms with van der Waals surface area (Å²) in [6, 6.07) is 14.2. The van der Waals surface area contributed by atoms with Crippen LogP contribution in [0.15, 0.2) is 48.5 Å². The highest BCUT2D eigenvalue weighted by molar-refractivity contribution is 6.39. The van der Waals surface area contributed by atoms with Gasteiger partial charge in [0.2, 0.25) is 11.8 Å². The van der Waals surface area contributed by atoms with Crippen LogP contribution in [0.1, 0.15) is 12.0 Å². The molecule has 0 radical (unpaired) electrons. The zero-order valence-electron chi connectivity index (χ0n) is 16.8. The second kappa shape index (κ2) is 11.4. The van der Waals surface area contributed by atoms with E-state index in [1.165, 1.54) is 16.8 Å². The normalized spacial score (nSPS) is 10.3. The van der Waals surface area contributed by atoms with Gasteiger partial charge in [-0.25, -0.2) is 4.79 Å². The molecule has 0 fully saturated rings. The monoisotopic (exact) mass is 450 g/mol. The number of likely N-dealkylation sites (N-methyl/N-ethyl adjacent to an activating group) is 1. The maximum absolute atomic E-state index is 12.2. The first kappa shape index (κ1) is 23.5. The van der Waals surface area contributed by atoms with Crippen LogP contribution < -0.4 is 10.6 Å². The lowest BCUT2D eigenvalue weighted by Crippen LogP contribution is -2.40. The van der Waals surface area contributed by atoms with Gasteiger partial charge in [0.1, 0.15) is 0 Å². The van der Waals surface area contributed by atoms with Gasteiger partial charge in [-0.2, -0.15) is 0 Å². The number of hydrogen-bond donors (Lipinski definition) is 2. The van der Waals surface area contributed by atoms with Gasteiger partial charge in [0.15, 0.2) is 0 Å². The van der Waals surface area contributed by atoms with Gasteiger partial charge in [0, 0.05) is 33.6 Å². The SMILES string of the molecule is CN(CC(=O)Nc1c(Cl)cccc1Cl)C(=O)CCNC(=O)N(C)Cc1ccccc1. The van der Waals surface area contributed by atoms with Crippen LogP contribution in [0.5, 0.6) is 0 Å². The maximum Gasteiger partial charge on any atom is 0.317 e. The van der Waals surface area contributed by atoms with Crippen molar-refractivity contribution in [3.63, 3.8) is 0 Å². The number of nitrogens with one attached hydrogen (secondary N) is 2. The third kappa shape index (κ3) is 7.24. The molecule has 160 valence electrons. The van der Waals surface area contributed by atoms with Crippen LogP contribution in [0, 0.1) is 0 Å². The van der Waals surface area contributed by atoms with Crippen molar-refractivity contribution >= 4 is 46.7 Å². The van der Waals surface area contributed by atoms with E-state index < -0.39 is 5.91 Å². The average Bonchev–Trinajstić information content (AvgIpc) is 2.71. The molecular formula is C21H24Cl2N4O3. The quantitative estimate of drug-likeness (QED) is 0.643. The minimum absolute atomic E-state index is 0.0710. The maximum atomic E-state index is 12.2. The zero-order chi connectivity index (χ0) is 22.1. The number of para-hydroxylation sites is 1. The first-order valence-electron chi connectivity index (χ1n) is 9.28. The lowest BCUT2D eigenvalue weighted by molar-refractivity contribution is -0.133. The molecule has 4 amide bonds. The fourth-order valence-electron chi connectivity index (χ4n) is 2.63. The number of urea groups is 1. The van der Waals surface area contributed by atoms with Gasteiger partial charge < -0.3 is 20.4 Å². The van der Waals surface area contributed by atoms with Crippen LogP contribution in [0.3, 0.4) is 0 Å². The molecule has 2 rings (SSSR count). The Morgan fingerprint density at radius 2 is 1.53 bits per heavy atom. The van der Waals surface area contributed by atoms with Crippen molar-refractivity contribution in [2.24, 2.45) is 0 Å². The molecule has 0 spiro atoms. The highest BCUT2D eigenvalue weighted by atomic mass is 35.5. The number of amides is 4. The largest absolute Gasteiger partial charge is 0.337 e. The first-order valence-corrected chi connectivity index (χ1v) is 10.0. The number of halogens is 2. The topological polar surface area (TPSA) is 81.8 Å². The van der Waals surface area contributed by atoms with Gasteiger partial charge in [0.05, 0.1) is 22.3 Å². The Bertz CT molecular complexity index is 873. The van der Waals surface area contributed by atoms with E-state index in [4.69, 9.17) is 23.2 Å². The number of hydrogen-bond acceptors (Lipinski definition) is 3. The number of anilines is 1. The van der Waals surface area contributed by atoms with E-state index in [1.807, 2.05) is 30.3 Å². The van der Waals surface area contributed by atoms with Gasteiger partial charge in [0.25, 0.3) is 0 Å². The number of nitrogens with zero attached hydrogens (tertiary/aromatic N) is 2. The molecule has 0 saturated heterocycles. The summed E-state index contributed by atoms with van der Waals surface area (Å²) in [7, 11) is 3.19. The molecule has 0 atom stereocenters. The fraction of sp³-hybridized carbons (Fsp3) is 0.286. The molecule has 0 bridgehead atoms. The standard InChI is InChI=1S/C21H24Cl2N4O3/c1-26(14-18(28)25-20-16(22)9-6-10-17(20)23)19(29)11-12-24-21(30)27(2)13-15-7-4-3-5-8-15/h3-10H,11-14H2,1-2H3,(H,24,30)(H,25,28). The van der Waals surface area contributed by atoms with E-state index in [9.17, 15) is 14.4 Å². The number of benzene rings is 2. The molecule has 0 aromatic heterocycles. The molecule has 0 aliphatic rings. The van der Waals surface area contributed by atoms with E-state index in [0.717, 1.165) is 5.56 Å². The summed E-state index contributed by atoms with van der Waals surface area (Å²) in [5.41, 5.74) is 1.32. The van der Waals surface area contributed by atoms with Gasteiger partial charge in [-0.3, -0.25) is 9.59 Å². The van der Waals surface area contributed by atoms with E-state index in [0.29, 0.717) is 22.3 Å². The van der Waals surface area contributed by atoms with Crippen molar-refractivity contribution in [1.29, 1.82) is 0 Å². The highest BCUT2D eigenvalue weighted by Crippen LogP contribution is 2.29. The number of carbonyl (C=O) groups is 3.